The van der Waals surface area contributed by atoms with Crippen LogP contribution in [0, 0.1) is 5.92 Å². The first-order chi connectivity index (χ1) is 6.74. The van der Waals surface area contributed by atoms with Crippen LogP contribution in [0.25, 0.3) is 0 Å². The molecule has 80 valence electrons. The Morgan fingerprint density at radius 3 is 2.71 bits per heavy atom. The van der Waals surface area contributed by atoms with Gasteiger partial charge in [-0.15, -0.1) is 0 Å². The highest BCUT2D eigenvalue weighted by Crippen LogP contribution is 2.29. The number of hydrogen-bond acceptors (Lipinski definition) is 2. The van der Waals surface area contributed by atoms with Crippen molar-refractivity contribution in [1.29, 1.82) is 0 Å². The summed E-state index contributed by atoms with van der Waals surface area (Å²) in [6.45, 7) is 2.30. The maximum absolute atomic E-state index is 11.1. The van der Waals surface area contributed by atoms with Crippen LogP contribution in [0.1, 0.15) is 51.9 Å². The van der Waals surface area contributed by atoms with E-state index in [0.717, 1.165) is 18.8 Å². The van der Waals surface area contributed by atoms with E-state index in [2.05, 4.69) is 6.92 Å². The first kappa shape index (κ1) is 10.2. The molecule has 2 heteroatoms. The smallest absolute Gasteiger partial charge is 0.135 e. The standard InChI is InChI=1S/C12H20O2/c1-9-3-2-4-11(7-9)14-12-6-5-10(13)8-12/h9,11-12H,2-8H2,1H3. The van der Waals surface area contributed by atoms with Crippen molar-refractivity contribution >= 4 is 5.78 Å². The van der Waals surface area contributed by atoms with Gasteiger partial charge in [0.05, 0.1) is 12.2 Å². The zero-order valence-electron chi connectivity index (χ0n) is 9.00. The van der Waals surface area contributed by atoms with E-state index in [4.69, 9.17) is 4.74 Å². The molecular formula is C12H20O2. The van der Waals surface area contributed by atoms with Gasteiger partial charge in [-0.1, -0.05) is 19.8 Å². The minimum Gasteiger partial charge on any atom is -0.375 e. The van der Waals surface area contributed by atoms with Gasteiger partial charge in [-0.25, -0.2) is 0 Å². The number of hydrogen-bond donors (Lipinski definition) is 0. The normalized spacial score (nSPS) is 38.9. The van der Waals surface area contributed by atoms with Crippen LogP contribution in [0.15, 0.2) is 0 Å². The molecule has 0 aromatic rings. The average molecular weight is 196 g/mol. The molecular weight excluding hydrogens is 176 g/mol. The molecule has 0 heterocycles. The van der Waals surface area contributed by atoms with Crippen molar-refractivity contribution in [2.75, 3.05) is 0 Å². The van der Waals surface area contributed by atoms with Crippen LogP contribution in [0.5, 0.6) is 0 Å². The summed E-state index contributed by atoms with van der Waals surface area (Å²) in [5, 5.41) is 0. The van der Waals surface area contributed by atoms with E-state index in [1.54, 1.807) is 0 Å². The highest BCUT2D eigenvalue weighted by atomic mass is 16.5. The number of carbonyl (C=O) groups excluding carboxylic acids is 1. The van der Waals surface area contributed by atoms with Crippen molar-refractivity contribution in [1.82, 2.24) is 0 Å². The lowest BCUT2D eigenvalue weighted by Gasteiger charge is -2.29. The second kappa shape index (κ2) is 4.43. The quantitative estimate of drug-likeness (QED) is 0.678. The van der Waals surface area contributed by atoms with Crippen molar-refractivity contribution in [3.8, 4) is 0 Å². The van der Waals surface area contributed by atoms with Crippen LogP contribution in [-0.4, -0.2) is 18.0 Å². The van der Waals surface area contributed by atoms with E-state index < -0.39 is 0 Å². The summed E-state index contributed by atoms with van der Waals surface area (Å²) in [4.78, 5) is 11.1. The van der Waals surface area contributed by atoms with Gasteiger partial charge in [-0.2, -0.15) is 0 Å². The Morgan fingerprint density at radius 2 is 2.07 bits per heavy atom. The number of carbonyl (C=O) groups is 1. The van der Waals surface area contributed by atoms with Crippen LogP contribution >= 0.6 is 0 Å². The summed E-state index contributed by atoms with van der Waals surface area (Å²) in [7, 11) is 0. The Kier molecular flexibility index (Phi) is 3.22. The Hall–Kier alpha value is -0.370. The molecule has 0 N–H and O–H groups in total. The monoisotopic (exact) mass is 196 g/mol. The summed E-state index contributed by atoms with van der Waals surface area (Å²) in [5.74, 6) is 1.20. The van der Waals surface area contributed by atoms with Gasteiger partial charge in [0, 0.05) is 12.8 Å². The summed E-state index contributed by atoms with van der Waals surface area (Å²) in [6.07, 6.45) is 8.12. The third-order valence-electron chi connectivity index (χ3n) is 3.47. The Bertz CT molecular complexity index is 212. The maximum atomic E-state index is 11.1. The molecule has 0 aromatic carbocycles. The maximum Gasteiger partial charge on any atom is 0.135 e. The molecule has 14 heavy (non-hydrogen) atoms. The van der Waals surface area contributed by atoms with Crippen molar-refractivity contribution in [2.24, 2.45) is 5.92 Å². The zero-order chi connectivity index (χ0) is 9.97. The molecule has 2 fully saturated rings. The molecule has 0 spiro atoms. The van der Waals surface area contributed by atoms with E-state index in [1.807, 2.05) is 0 Å². The Labute approximate surface area is 86.0 Å². The fraction of sp³-hybridized carbons (Fsp3) is 0.917. The van der Waals surface area contributed by atoms with Gasteiger partial charge < -0.3 is 4.74 Å². The second-order valence-electron chi connectivity index (χ2n) is 4.93. The van der Waals surface area contributed by atoms with Crippen LogP contribution < -0.4 is 0 Å². The molecule has 0 radical (unpaired) electrons. The SMILES string of the molecule is CC1CCCC(OC2CCC(=O)C2)C1. The van der Waals surface area contributed by atoms with Gasteiger partial charge in [0.1, 0.15) is 5.78 Å². The zero-order valence-corrected chi connectivity index (χ0v) is 9.00. The predicted octanol–water partition coefficient (Wildman–Crippen LogP) is 2.70. The van der Waals surface area contributed by atoms with Gasteiger partial charge >= 0.3 is 0 Å². The highest BCUT2D eigenvalue weighted by Gasteiger charge is 2.27. The van der Waals surface area contributed by atoms with Crippen molar-refractivity contribution in [3.63, 3.8) is 0 Å². The largest absolute Gasteiger partial charge is 0.375 e. The summed E-state index contributed by atoms with van der Waals surface area (Å²) in [5.41, 5.74) is 0. The highest BCUT2D eigenvalue weighted by molar-refractivity contribution is 5.81. The Balaban J connectivity index is 1.76. The van der Waals surface area contributed by atoms with Gasteiger partial charge in [0.25, 0.3) is 0 Å². The van der Waals surface area contributed by atoms with E-state index >= 15 is 0 Å². The molecule has 2 rings (SSSR count). The fourth-order valence-electron chi connectivity index (χ4n) is 2.67. The predicted molar refractivity (Wildman–Crippen MR) is 55.2 cm³/mol. The molecule has 0 saturated heterocycles. The van der Waals surface area contributed by atoms with Crippen molar-refractivity contribution in [2.45, 2.75) is 64.1 Å². The van der Waals surface area contributed by atoms with Gasteiger partial charge in [0.2, 0.25) is 0 Å². The molecule has 3 atom stereocenters. The molecule has 0 aromatic heterocycles. The van der Waals surface area contributed by atoms with E-state index in [9.17, 15) is 4.79 Å². The molecule has 2 saturated carbocycles. The third kappa shape index (κ3) is 2.57. The minimum atomic E-state index is 0.248. The number of rotatable bonds is 2. The number of Topliss-reactive ketones (excluding diaryl/α,β-unsaturated/α-hetero) is 1. The topological polar surface area (TPSA) is 26.3 Å². The second-order valence-corrected chi connectivity index (χ2v) is 4.93. The van der Waals surface area contributed by atoms with Crippen LogP contribution in [-0.2, 0) is 9.53 Å². The van der Waals surface area contributed by atoms with Crippen LogP contribution in [0.3, 0.4) is 0 Å². The van der Waals surface area contributed by atoms with E-state index in [-0.39, 0.29) is 6.10 Å². The molecule has 2 aliphatic rings. The molecule has 0 bridgehead atoms. The lowest BCUT2D eigenvalue weighted by molar-refractivity contribution is -0.118. The number of ether oxygens (including phenoxy) is 1. The lowest BCUT2D eigenvalue weighted by atomic mass is 9.88. The number of ketones is 1. The molecule has 0 amide bonds. The van der Waals surface area contributed by atoms with Gasteiger partial charge in [-0.05, 0) is 25.2 Å². The first-order valence-electron chi connectivity index (χ1n) is 5.91. The summed E-state index contributed by atoms with van der Waals surface area (Å²) < 4.78 is 5.97. The fourth-order valence-corrected chi connectivity index (χ4v) is 2.67. The molecule has 0 aliphatic heterocycles. The first-order valence-corrected chi connectivity index (χ1v) is 5.91. The molecule has 3 unspecified atom stereocenters. The van der Waals surface area contributed by atoms with E-state index in [1.165, 1.54) is 25.7 Å². The summed E-state index contributed by atoms with van der Waals surface area (Å²) >= 11 is 0. The van der Waals surface area contributed by atoms with Gasteiger partial charge in [0.15, 0.2) is 0 Å². The summed E-state index contributed by atoms with van der Waals surface area (Å²) in [6, 6.07) is 0. The average Bonchev–Trinajstić information content (AvgIpc) is 2.51. The van der Waals surface area contributed by atoms with Crippen molar-refractivity contribution in [3.05, 3.63) is 0 Å². The van der Waals surface area contributed by atoms with Crippen LogP contribution in [0.4, 0.5) is 0 Å². The van der Waals surface area contributed by atoms with E-state index in [0.29, 0.717) is 18.3 Å². The lowest BCUT2D eigenvalue weighted by Crippen LogP contribution is -2.25. The Morgan fingerprint density at radius 1 is 1.21 bits per heavy atom. The molecule has 2 aliphatic carbocycles. The van der Waals surface area contributed by atoms with Crippen molar-refractivity contribution < 1.29 is 9.53 Å². The van der Waals surface area contributed by atoms with Gasteiger partial charge in [-0.3, -0.25) is 4.79 Å². The minimum absolute atomic E-state index is 0.248. The third-order valence-corrected chi connectivity index (χ3v) is 3.47. The van der Waals surface area contributed by atoms with Crippen LogP contribution in [0.2, 0.25) is 0 Å². The molecule has 2 nitrogen and oxygen atoms in total.